The molecule has 72 valence electrons. The van der Waals surface area contributed by atoms with Gasteiger partial charge in [-0.25, -0.2) is 0 Å². The highest BCUT2D eigenvalue weighted by Gasteiger charge is 2.35. The normalized spacial score (nSPS) is 35.9. The molecule has 0 spiro atoms. The topological polar surface area (TPSA) is 39.7 Å². The minimum atomic E-state index is -0.304. The minimum Gasteiger partial charge on any atom is -0.458 e. The molecule has 2 rings (SSSR count). The first-order valence-corrected chi connectivity index (χ1v) is 4.54. The van der Waals surface area contributed by atoms with Gasteiger partial charge in [0.05, 0.1) is 6.61 Å². The van der Waals surface area contributed by atoms with Crippen LogP contribution in [0.2, 0.25) is 0 Å². The van der Waals surface area contributed by atoms with Crippen LogP contribution in [0.3, 0.4) is 0 Å². The molecule has 1 saturated heterocycles. The van der Waals surface area contributed by atoms with E-state index in [-0.39, 0.29) is 18.5 Å². The second-order valence-electron chi connectivity index (χ2n) is 2.88. The highest BCUT2D eigenvalue weighted by atomic mass is 32.1. The predicted molar refractivity (Wildman–Crippen MR) is 50.3 cm³/mol. The third kappa shape index (κ3) is 1.82. The van der Waals surface area contributed by atoms with E-state index in [0.29, 0.717) is 11.8 Å². The van der Waals surface area contributed by atoms with Crippen molar-refractivity contribution in [2.45, 2.75) is 18.5 Å². The smallest absolute Gasteiger partial charge is 0.257 e. The molecule has 5 heteroatoms. The van der Waals surface area contributed by atoms with Gasteiger partial charge >= 0.3 is 0 Å². The van der Waals surface area contributed by atoms with Crippen molar-refractivity contribution in [3.05, 3.63) is 12.2 Å². The largest absolute Gasteiger partial charge is 0.458 e. The summed E-state index contributed by atoms with van der Waals surface area (Å²) in [6.07, 6.45) is 3.43. The first-order valence-electron chi connectivity index (χ1n) is 4.13. The molecule has 13 heavy (non-hydrogen) atoms. The average Bonchev–Trinajstić information content (AvgIpc) is 2.54. The second-order valence-corrected chi connectivity index (χ2v) is 3.25. The lowest BCUT2D eigenvalue weighted by molar-refractivity contribution is -0.110. The van der Waals surface area contributed by atoms with E-state index in [4.69, 9.17) is 26.4 Å². The van der Waals surface area contributed by atoms with Gasteiger partial charge in [-0.1, -0.05) is 6.08 Å². The Labute approximate surface area is 81.8 Å². The Morgan fingerprint density at radius 2 is 2.46 bits per heavy atom. The zero-order valence-corrected chi connectivity index (χ0v) is 8.04. The zero-order chi connectivity index (χ0) is 9.26. The fraction of sp³-hybridized carbons (Fsp3) is 0.625. The van der Waals surface area contributed by atoms with E-state index < -0.39 is 0 Å². The Morgan fingerprint density at radius 1 is 1.62 bits per heavy atom. The number of hydrogen-bond acceptors (Lipinski definition) is 4. The minimum absolute atomic E-state index is 0.0907. The van der Waals surface area contributed by atoms with Crippen molar-refractivity contribution < 1.29 is 14.2 Å². The van der Waals surface area contributed by atoms with Crippen molar-refractivity contribution in [3.8, 4) is 0 Å². The lowest BCUT2D eigenvalue weighted by Crippen LogP contribution is -2.35. The van der Waals surface area contributed by atoms with Crippen LogP contribution < -0.4 is 5.32 Å². The quantitative estimate of drug-likeness (QED) is 0.484. The van der Waals surface area contributed by atoms with Crippen molar-refractivity contribution in [1.82, 2.24) is 5.32 Å². The summed E-state index contributed by atoms with van der Waals surface area (Å²) in [6, 6.07) is 0. The molecule has 2 heterocycles. The first-order chi connectivity index (χ1) is 6.29. The Balaban J connectivity index is 1.96. The van der Waals surface area contributed by atoms with Crippen LogP contribution in [0.25, 0.3) is 0 Å². The molecule has 2 aliphatic rings. The van der Waals surface area contributed by atoms with Gasteiger partial charge in [0.15, 0.2) is 12.4 Å². The number of rotatable bonds is 1. The maximum atomic E-state index is 5.43. The Kier molecular flexibility index (Phi) is 2.48. The molecule has 0 radical (unpaired) electrons. The lowest BCUT2D eigenvalue weighted by Gasteiger charge is -2.23. The second kappa shape index (κ2) is 3.61. The van der Waals surface area contributed by atoms with E-state index in [0.717, 1.165) is 0 Å². The number of fused-ring (bicyclic) bond motifs is 2. The monoisotopic (exact) mass is 201 g/mol. The molecule has 0 saturated carbocycles. The van der Waals surface area contributed by atoms with Gasteiger partial charge in [-0.05, 0) is 18.3 Å². The molecule has 3 atom stereocenters. The van der Waals surface area contributed by atoms with Gasteiger partial charge in [0.2, 0.25) is 0 Å². The molecule has 0 aromatic rings. The molecule has 1 fully saturated rings. The van der Waals surface area contributed by atoms with Crippen LogP contribution in [-0.2, 0) is 14.2 Å². The van der Waals surface area contributed by atoms with Crippen LogP contribution in [0.15, 0.2) is 12.2 Å². The summed E-state index contributed by atoms with van der Waals surface area (Å²) < 4.78 is 16.1. The number of hydrogen-bond donors (Lipinski definition) is 1. The first kappa shape index (κ1) is 8.93. The standard InChI is InChI=1S/C8H11NO3S/c1-9-8(13)12-6-3-2-5-4-10-7(6)11-5/h2-3,5-7H,4H2,1H3,(H,9,13)/t5-,6-,7+/m0/s1. The molecule has 0 amide bonds. The van der Waals surface area contributed by atoms with Crippen LogP contribution >= 0.6 is 12.2 Å². The van der Waals surface area contributed by atoms with Crippen molar-refractivity contribution in [3.63, 3.8) is 0 Å². The number of ether oxygens (including phenoxy) is 3. The van der Waals surface area contributed by atoms with Gasteiger partial charge in [0, 0.05) is 7.05 Å². The van der Waals surface area contributed by atoms with Gasteiger partial charge in [-0.3, -0.25) is 0 Å². The Morgan fingerprint density at radius 3 is 3.23 bits per heavy atom. The van der Waals surface area contributed by atoms with Crippen LogP contribution in [0.1, 0.15) is 0 Å². The van der Waals surface area contributed by atoms with E-state index in [1.807, 2.05) is 12.2 Å². The summed E-state index contributed by atoms with van der Waals surface area (Å²) in [4.78, 5) is 0. The summed E-state index contributed by atoms with van der Waals surface area (Å²) in [7, 11) is 1.72. The fourth-order valence-electron chi connectivity index (χ4n) is 1.32. The summed E-state index contributed by atoms with van der Waals surface area (Å²) >= 11 is 4.87. The third-order valence-electron chi connectivity index (χ3n) is 1.96. The fourth-order valence-corrected chi connectivity index (χ4v) is 1.43. The average molecular weight is 201 g/mol. The Hall–Kier alpha value is -0.650. The molecule has 0 aliphatic carbocycles. The summed E-state index contributed by atoms with van der Waals surface area (Å²) in [5.41, 5.74) is 0. The SMILES string of the molecule is CNC(=S)O[C@H]1C=C[C@H]2CO[C@@H]1O2. The van der Waals surface area contributed by atoms with Crippen LogP contribution in [0.5, 0.6) is 0 Å². The summed E-state index contributed by atoms with van der Waals surface area (Å²) in [5.74, 6) is 0. The van der Waals surface area contributed by atoms with Crippen molar-refractivity contribution >= 4 is 17.4 Å². The van der Waals surface area contributed by atoms with Crippen molar-refractivity contribution in [2.75, 3.05) is 13.7 Å². The highest BCUT2D eigenvalue weighted by molar-refractivity contribution is 7.80. The third-order valence-corrected chi connectivity index (χ3v) is 2.26. The van der Waals surface area contributed by atoms with Gasteiger partial charge in [0.1, 0.15) is 6.10 Å². The van der Waals surface area contributed by atoms with Crippen LogP contribution in [0.4, 0.5) is 0 Å². The molecule has 0 aromatic heterocycles. The van der Waals surface area contributed by atoms with Gasteiger partial charge < -0.3 is 19.5 Å². The molecule has 4 nitrogen and oxygen atoms in total. The van der Waals surface area contributed by atoms with Gasteiger partial charge in [0.25, 0.3) is 5.17 Å². The molecular formula is C8H11NO3S. The number of nitrogens with one attached hydrogen (secondary N) is 1. The van der Waals surface area contributed by atoms with Crippen molar-refractivity contribution in [1.29, 1.82) is 0 Å². The Bertz CT molecular complexity index is 244. The van der Waals surface area contributed by atoms with E-state index in [1.54, 1.807) is 7.05 Å². The van der Waals surface area contributed by atoms with Gasteiger partial charge in [-0.2, -0.15) is 0 Å². The maximum absolute atomic E-state index is 5.43. The maximum Gasteiger partial charge on any atom is 0.257 e. The summed E-state index contributed by atoms with van der Waals surface area (Å²) in [5, 5.41) is 3.09. The van der Waals surface area contributed by atoms with E-state index in [2.05, 4.69) is 5.32 Å². The highest BCUT2D eigenvalue weighted by Crippen LogP contribution is 2.23. The molecule has 1 N–H and O–H groups in total. The van der Waals surface area contributed by atoms with E-state index in [9.17, 15) is 0 Å². The van der Waals surface area contributed by atoms with Crippen molar-refractivity contribution in [2.24, 2.45) is 0 Å². The zero-order valence-electron chi connectivity index (χ0n) is 7.23. The van der Waals surface area contributed by atoms with Crippen LogP contribution in [0, 0.1) is 0 Å². The number of thiocarbonyl (C=S) groups is 1. The molecule has 2 bridgehead atoms. The molecule has 0 aromatic carbocycles. The molecule has 0 unspecified atom stereocenters. The molecular weight excluding hydrogens is 190 g/mol. The molecule has 2 aliphatic heterocycles. The van der Waals surface area contributed by atoms with E-state index >= 15 is 0 Å². The van der Waals surface area contributed by atoms with Crippen LogP contribution in [-0.4, -0.2) is 37.3 Å². The lowest BCUT2D eigenvalue weighted by atomic mass is 10.2. The van der Waals surface area contributed by atoms with Gasteiger partial charge in [-0.15, -0.1) is 0 Å². The van der Waals surface area contributed by atoms with E-state index in [1.165, 1.54) is 0 Å². The summed E-state index contributed by atoms with van der Waals surface area (Å²) in [6.45, 7) is 0.605. The predicted octanol–water partition coefficient (Wildman–Crippen LogP) is 0.187.